The summed E-state index contributed by atoms with van der Waals surface area (Å²) >= 11 is 0. The maximum absolute atomic E-state index is 12.3. The lowest BCUT2D eigenvalue weighted by Crippen LogP contribution is -2.35. The van der Waals surface area contributed by atoms with Gasteiger partial charge in [0, 0.05) is 50.1 Å². The first-order chi connectivity index (χ1) is 24.3. The molecule has 4 aliphatic rings. The molecular formula is C37H39N5O8. The highest BCUT2D eigenvalue weighted by molar-refractivity contribution is 6.05. The van der Waals surface area contributed by atoms with Crippen LogP contribution in [0.15, 0.2) is 66.7 Å². The Balaban J connectivity index is 0.000000159. The van der Waals surface area contributed by atoms with Gasteiger partial charge in [-0.15, -0.1) is 0 Å². The van der Waals surface area contributed by atoms with Crippen molar-refractivity contribution in [3.63, 3.8) is 0 Å². The predicted molar refractivity (Wildman–Crippen MR) is 191 cm³/mol. The molecule has 0 atom stereocenters. The second kappa shape index (κ2) is 13.9. The van der Waals surface area contributed by atoms with Gasteiger partial charge in [-0.1, -0.05) is 12.1 Å². The van der Waals surface area contributed by atoms with E-state index in [1.807, 2.05) is 103 Å². The number of rotatable bonds is 7. The van der Waals surface area contributed by atoms with E-state index in [4.69, 9.17) is 28.4 Å². The van der Waals surface area contributed by atoms with Crippen molar-refractivity contribution in [1.29, 1.82) is 0 Å². The number of carbonyl (C=O) groups excluding carboxylic acids is 2. The molecule has 13 nitrogen and oxygen atoms in total. The molecule has 260 valence electrons. The third-order valence-electron chi connectivity index (χ3n) is 8.39. The van der Waals surface area contributed by atoms with Crippen molar-refractivity contribution in [2.75, 3.05) is 85.7 Å². The third-order valence-corrected chi connectivity index (χ3v) is 8.39. The number of benzene rings is 4. The molecule has 4 aromatic carbocycles. The van der Waals surface area contributed by atoms with Gasteiger partial charge >= 0.3 is 0 Å². The first-order valence-electron chi connectivity index (χ1n) is 16.5. The van der Waals surface area contributed by atoms with Crippen LogP contribution >= 0.6 is 0 Å². The minimum atomic E-state index is -0.0849. The van der Waals surface area contributed by atoms with E-state index in [0.717, 1.165) is 39.9 Å². The Morgan fingerprint density at radius 2 is 1.16 bits per heavy atom. The summed E-state index contributed by atoms with van der Waals surface area (Å²) in [6.45, 7) is 6.62. The molecule has 0 unspecified atom stereocenters. The van der Waals surface area contributed by atoms with Crippen LogP contribution in [0.5, 0.6) is 34.5 Å². The molecule has 4 aliphatic heterocycles. The summed E-state index contributed by atoms with van der Waals surface area (Å²) in [7, 11) is 3.97. The van der Waals surface area contributed by atoms with Crippen molar-refractivity contribution in [3.8, 4) is 34.5 Å². The molecule has 0 fully saturated rings. The van der Waals surface area contributed by atoms with Gasteiger partial charge in [0.2, 0.25) is 18.6 Å². The SMILES string of the molecule is CCOc1cc(N(C)C)ccc1N1CC(=O)Nc2cc3c(cc21)OCCO3.CCOc1ccccc1N1CC(=O)Nc2cc3c(cc21)OCO3. The van der Waals surface area contributed by atoms with Crippen molar-refractivity contribution in [2.24, 2.45) is 0 Å². The number of nitrogens with zero attached hydrogens (tertiary/aromatic N) is 3. The number of carbonyl (C=O) groups is 2. The van der Waals surface area contributed by atoms with E-state index in [2.05, 4.69) is 10.6 Å². The molecule has 0 spiro atoms. The monoisotopic (exact) mass is 681 g/mol. The Morgan fingerprint density at radius 1 is 0.640 bits per heavy atom. The zero-order valence-corrected chi connectivity index (χ0v) is 28.4. The summed E-state index contributed by atoms with van der Waals surface area (Å²) in [5.41, 5.74) is 5.86. The lowest BCUT2D eigenvalue weighted by molar-refractivity contribution is -0.115. The smallest absolute Gasteiger partial charge is 0.244 e. The van der Waals surface area contributed by atoms with Crippen molar-refractivity contribution in [2.45, 2.75) is 13.8 Å². The normalized spacial score (nSPS) is 15.1. The van der Waals surface area contributed by atoms with Crippen molar-refractivity contribution in [1.82, 2.24) is 0 Å². The van der Waals surface area contributed by atoms with Crippen LogP contribution in [-0.2, 0) is 9.59 Å². The van der Waals surface area contributed by atoms with Gasteiger partial charge < -0.3 is 53.8 Å². The highest BCUT2D eigenvalue weighted by Gasteiger charge is 2.30. The quantitative estimate of drug-likeness (QED) is 0.242. The number of amides is 2. The molecule has 13 heteroatoms. The molecule has 2 N–H and O–H groups in total. The standard InChI is InChI=1S/C20H23N3O4.C17H16N2O4/c1-4-25-17-9-13(22(2)3)5-6-15(17)23-12-20(24)21-14-10-18-19(11-16(14)23)27-8-7-26-18;1-2-21-14-6-4-3-5-12(14)19-9-17(20)18-11-7-15-16(8-13(11)19)23-10-22-15/h5-6,9-11H,4,7-8,12H2,1-3H3,(H,21,24);3-8H,2,9-10H2,1H3,(H,18,20). The fourth-order valence-corrected chi connectivity index (χ4v) is 6.16. The lowest BCUT2D eigenvalue weighted by Gasteiger charge is -2.33. The number of hydrogen-bond acceptors (Lipinski definition) is 11. The van der Waals surface area contributed by atoms with E-state index in [-0.39, 0.29) is 31.7 Å². The van der Waals surface area contributed by atoms with Gasteiger partial charge in [0.1, 0.15) is 37.8 Å². The van der Waals surface area contributed by atoms with Gasteiger partial charge in [0.05, 0.1) is 47.3 Å². The summed E-state index contributed by atoms with van der Waals surface area (Å²) < 4.78 is 33.8. The topological polar surface area (TPSA) is 123 Å². The summed E-state index contributed by atoms with van der Waals surface area (Å²) in [6.07, 6.45) is 0. The van der Waals surface area contributed by atoms with E-state index in [9.17, 15) is 9.59 Å². The number of nitrogens with one attached hydrogen (secondary N) is 2. The predicted octanol–water partition coefficient (Wildman–Crippen LogP) is 5.92. The van der Waals surface area contributed by atoms with E-state index >= 15 is 0 Å². The molecule has 2 amide bonds. The van der Waals surface area contributed by atoms with Crippen LogP contribution < -0.4 is 53.8 Å². The van der Waals surface area contributed by atoms with E-state index in [1.54, 1.807) is 6.07 Å². The molecule has 4 heterocycles. The second-order valence-electron chi connectivity index (χ2n) is 11.9. The van der Waals surface area contributed by atoms with E-state index < -0.39 is 0 Å². The molecule has 0 aromatic heterocycles. The van der Waals surface area contributed by atoms with Crippen LogP contribution in [0.1, 0.15) is 13.8 Å². The summed E-state index contributed by atoms with van der Waals surface area (Å²) in [5, 5.41) is 5.81. The molecule has 4 aromatic rings. The number of fused-ring (bicyclic) bond motifs is 4. The summed E-state index contributed by atoms with van der Waals surface area (Å²) in [5.74, 6) is 3.97. The second-order valence-corrected chi connectivity index (χ2v) is 11.9. The molecule has 0 bridgehead atoms. The highest BCUT2D eigenvalue weighted by Crippen LogP contribution is 2.47. The van der Waals surface area contributed by atoms with Crippen LogP contribution in [0.2, 0.25) is 0 Å². The van der Waals surface area contributed by atoms with E-state index in [1.165, 1.54) is 0 Å². The van der Waals surface area contributed by atoms with Crippen LogP contribution in [0.4, 0.5) is 39.8 Å². The maximum atomic E-state index is 12.3. The van der Waals surface area contributed by atoms with Gasteiger partial charge in [0.25, 0.3) is 0 Å². The zero-order valence-electron chi connectivity index (χ0n) is 28.4. The number of hydrogen-bond donors (Lipinski definition) is 2. The minimum Gasteiger partial charge on any atom is -0.492 e. The molecule has 50 heavy (non-hydrogen) atoms. The Hall–Kier alpha value is -5.98. The molecule has 0 saturated heterocycles. The summed E-state index contributed by atoms with van der Waals surface area (Å²) in [6, 6.07) is 21.1. The van der Waals surface area contributed by atoms with Crippen LogP contribution in [0.25, 0.3) is 0 Å². The Labute approximate surface area is 290 Å². The summed E-state index contributed by atoms with van der Waals surface area (Å²) in [4.78, 5) is 30.4. The third kappa shape index (κ3) is 6.41. The van der Waals surface area contributed by atoms with Gasteiger partial charge in [-0.3, -0.25) is 9.59 Å². The van der Waals surface area contributed by atoms with Crippen LogP contribution in [0, 0.1) is 0 Å². The average molecular weight is 682 g/mol. The largest absolute Gasteiger partial charge is 0.492 e. The van der Waals surface area contributed by atoms with Gasteiger partial charge in [-0.2, -0.15) is 0 Å². The number of para-hydroxylation sites is 2. The maximum Gasteiger partial charge on any atom is 0.244 e. The zero-order chi connectivity index (χ0) is 34.8. The Morgan fingerprint density at radius 3 is 1.76 bits per heavy atom. The minimum absolute atomic E-state index is 0.0809. The van der Waals surface area contributed by atoms with Gasteiger partial charge in [-0.25, -0.2) is 0 Å². The molecular weight excluding hydrogens is 642 g/mol. The first-order valence-corrected chi connectivity index (χ1v) is 16.5. The number of anilines is 7. The van der Waals surface area contributed by atoms with Crippen molar-refractivity contribution >= 4 is 51.6 Å². The first kappa shape index (κ1) is 32.6. The fraction of sp³-hybridized carbons (Fsp3) is 0.297. The van der Waals surface area contributed by atoms with Gasteiger partial charge in [0.15, 0.2) is 23.0 Å². The van der Waals surface area contributed by atoms with Crippen molar-refractivity contribution < 1.29 is 38.0 Å². The van der Waals surface area contributed by atoms with Gasteiger partial charge in [-0.05, 0) is 38.1 Å². The lowest BCUT2D eigenvalue weighted by atomic mass is 10.1. The molecule has 0 aliphatic carbocycles. The van der Waals surface area contributed by atoms with Crippen molar-refractivity contribution in [3.05, 3.63) is 66.7 Å². The van der Waals surface area contributed by atoms with E-state index in [0.29, 0.717) is 60.8 Å². The van der Waals surface area contributed by atoms with Crippen LogP contribution in [0.3, 0.4) is 0 Å². The van der Waals surface area contributed by atoms with Crippen LogP contribution in [-0.4, -0.2) is 72.2 Å². The average Bonchev–Trinajstić information content (AvgIpc) is 3.57. The molecule has 8 rings (SSSR count). The number of ether oxygens (including phenoxy) is 6. The highest BCUT2D eigenvalue weighted by atomic mass is 16.7. The molecule has 0 radical (unpaired) electrons. The molecule has 0 saturated carbocycles. The fourth-order valence-electron chi connectivity index (χ4n) is 6.16. The Bertz CT molecular complexity index is 1930. The Kier molecular flexibility index (Phi) is 9.03.